The van der Waals surface area contributed by atoms with Gasteiger partial charge in [0, 0.05) is 13.0 Å². The van der Waals surface area contributed by atoms with Gasteiger partial charge in [-0.1, -0.05) is 48.3 Å². The first-order valence-corrected chi connectivity index (χ1v) is 9.45. The van der Waals surface area contributed by atoms with E-state index >= 15 is 0 Å². The molecule has 2 atom stereocenters. The normalized spacial score (nSPS) is 17.4. The van der Waals surface area contributed by atoms with Gasteiger partial charge in [-0.25, -0.2) is 0 Å². The predicted molar refractivity (Wildman–Crippen MR) is 109 cm³/mol. The molecule has 0 aromatic heterocycles. The fraction of sp³-hybridized carbons (Fsp3) is 0.250. The molecule has 6 nitrogen and oxygen atoms in total. The number of hydrogen-bond donors (Lipinski definition) is 2. The second kappa shape index (κ2) is 8.20. The second-order valence-corrected chi connectivity index (χ2v) is 7.50. The third-order valence-corrected chi connectivity index (χ3v) is 5.36. The average molecular weight is 420 g/mol. The van der Waals surface area contributed by atoms with Crippen LogP contribution in [0.2, 0.25) is 10.0 Å². The van der Waals surface area contributed by atoms with Gasteiger partial charge in [-0.05, 0) is 36.2 Å². The topological polar surface area (TPSA) is 78.5 Å². The van der Waals surface area contributed by atoms with Crippen molar-refractivity contribution in [2.45, 2.75) is 19.5 Å². The van der Waals surface area contributed by atoms with Crippen LogP contribution in [-0.2, 0) is 16.0 Å². The van der Waals surface area contributed by atoms with Crippen molar-refractivity contribution in [1.82, 2.24) is 10.6 Å². The number of rotatable bonds is 4. The Morgan fingerprint density at radius 3 is 2.61 bits per heavy atom. The van der Waals surface area contributed by atoms with Crippen LogP contribution in [0, 0.1) is 5.92 Å². The van der Waals surface area contributed by atoms with Crippen molar-refractivity contribution in [3.63, 3.8) is 0 Å². The summed E-state index contributed by atoms with van der Waals surface area (Å²) in [5.41, 5.74) is 1.71. The van der Waals surface area contributed by atoms with Crippen molar-refractivity contribution in [1.29, 1.82) is 0 Å². The molecule has 1 aliphatic heterocycles. The van der Waals surface area contributed by atoms with Gasteiger partial charge in [0.05, 0.1) is 21.3 Å². The summed E-state index contributed by atoms with van der Waals surface area (Å²) in [5.74, 6) is -1.65. The van der Waals surface area contributed by atoms with E-state index in [1.165, 1.54) is 4.90 Å². The zero-order chi connectivity index (χ0) is 20.4. The van der Waals surface area contributed by atoms with Gasteiger partial charge in [0.25, 0.3) is 11.8 Å². The van der Waals surface area contributed by atoms with E-state index in [0.29, 0.717) is 27.7 Å². The number of halogens is 2. The molecule has 0 aliphatic carbocycles. The quantitative estimate of drug-likeness (QED) is 0.798. The van der Waals surface area contributed by atoms with Crippen LogP contribution in [-0.4, -0.2) is 30.9 Å². The molecule has 1 unspecified atom stereocenters. The van der Waals surface area contributed by atoms with Crippen LogP contribution >= 0.6 is 23.2 Å². The fourth-order valence-corrected chi connectivity index (χ4v) is 3.36. The highest BCUT2D eigenvalue weighted by Crippen LogP contribution is 2.24. The third kappa shape index (κ3) is 4.13. The molecule has 3 amide bonds. The highest BCUT2D eigenvalue weighted by atomic mass is 35.5. The van der Waals surface area contributed by atoms with E-state index in [2.05, 4.69) is 10.6 Å². The summed E-state index contributed by atoms with van der Waals surface area (Å²) >= 11 is 11.9. The van der Waals surface area contributed by atoms with E-state index in [1.807, 2.05) is 0 Å². The third-order valence-electron chi connectivity index (χ3n) is 4.62. The zero-order valence-electron chi connectivity index (χ0n) is 15.3. The Hall–Kier alpha value is -2.57. The zero-order valence-corrected chi connectivity index (χ0v) is 16.8. The number of nitrogens with one attached hydrogen (secondary N) is 2. The predicted octanol–water partition coefficient (Wildman–Crippen LogP) is 3.02. The van der Waals surface area contributed by atoms with Crippen LogP contribution in [0.3, 0.4) is 0 Å². The smallest absolute Gasteiger partial charge is 0.270 e. The molecule has 2 aromatic carbocycles. The number of likely N-dealkylation sites (N-methyl/N-ethyl adjacent to an activating group) is 1. The van der Waals surface area contributed by atoms with Crippen molar-refractivity contribution in [2.75, 3.05) is 11.9 Å². The minimum Gasteiger partial charge on any atom is -0.328 e. The van der Waals surface area contributed by atoms with Gasteiger partial charge in [-0.3, -0.25) is 14.4 Å². The lowest BCUT2D eigenvalue weighted by atomic mass is 10.0. The van der Waals surface area contributed by atoms with Gasteiger partial charge < -0.3 is 15.5 Å². The van der Waals surface area contributed by atoms with Crippen molar-refractivity contribution < 1.29 is 14.4 Å². The lowest BCUT2D eigenvalue weighted by Gasteiger charge is -2.23. The van der Waals surface area contributed by atoms with Crippen molar-refractivity contribution >= 4 is 46.6 Å². The monoisotopic (exact) mass is 419 g/mol. The minimum atomic E-state index is -1.14. The largest absolute Gasteiger partial charge is 0.328 e. The fourth-order valence-electron chi connectivity index (χ4n) is 3.04. The van der Waals surface area contributed by atoms with Crippen molar-refractivity contribution in [2.24, 2.45) is 5.92 Å². The summed E-state index contributed by atoms with van der Waals surface area (Å²) in [6, 6.07) is 11.9. The molecule has 0 saturated carbocycles. The summed E-state index contributed by atoms with van der Waals surface area (Å²) in [6.45, 7) is 1.74. The van der Waals surface area contributed by atoms with Crippen molar-refractivity contribution in [3.8, 4) is 0 Å². The number of hydrogen-bond acceptors (Lipinski definition) is 3. The van der Waals surface area contributed by atoms with Crippen LogP contribution in [0.1, 0.15) is 22.8 Å². The molecule has 8 heteroatoms. The highest BCUT2D eigenvalue weighted by Gasteiger charge is 2.33. The van der Waals surface area contributed by atoms with Crippen molar-refractivity contribution in [3.05, 3.63) is 63.6 Å². The molecule has 3 rings (SSSR count). The van der Waals surface area contributed by atoms with Gasteiger partial charge >= 0.3 is 0 Å². The molecule has 2 aromatic rings. The minimum absolute atomic E-state index is 0.357. The van der Waals surface area contributed by atoms with E-state index in [-0.39, 0.29) is 5.91 Å². The summed E-state index contributed by atoms with van der Waals surface area (Å²) in [5, 5.41) is 6.07. The molecule has 0 bridgehead atoms. The molecule has 1 aliphatic rings. The Kier molecular flexibility index (Phi) is 5.91. The summed E-state index contributed by atoms with van der Waals surface area (Å²) in [7, 11) is 1.57. The number of anilines is 1. The van der Waals surface area contributed by atoms with Crippen LogP contribution in [0.15, 0.2) is 42.5 Å². The Balaban J connectivity index is 1.72. The Morgan fingerprint density at radius 1 is 1.18 bits per heavy atom. The molecule has 28 heavy (non-hydrogen) atoms. The maximum Gasteiger partial charge on any atom is 0.270 e. The van der Waals surface area contributed by atoms with E-state index in [1.54, 1.807) is 56.4 Å². The summed E-state index contributed by atoms with van der Waals surface area (Å²) < 4.78 is 0. The molecule has 1 heterocycles. The Bertz CT molecular complexity index is 948. The number of nitrogens with zero attached hydrogens (tertiary/aromatic N) is 1. The molecule has 0 radical (unpaired) electrons. The van der Waals surface area contributed by atoms with E-state index in [4.69, 9.17) is 23.2 Å². The average Bonchev–Trinajstić information content (AvgIpc) is 2.76. The van der Waals surface area contributed by atoms with E-state index < -0.39 is 23.9 Å². The van der Waals surface area contributed by atoms with Gasteiger partial charge in [0.1, 0.15) is 0 Å². The molecule has 2 N–H and O–H groups in total. The lowest BCUT2D eigenvalue weighted by Crippen LogP contribution is -2.56. The van der Waals surface area contributed by atoms with Crippen LogP contribution in [0.4, 0.5) is 5.69 Å². The number of carbonyl (C=O) groups excluding carboxylic acids is 3. The van der Waals surface area contributed by atoms with Crippen LogP contribution in [0.5, 0.6) is 0 Å². The number of amides is 3. The Morgan fingerprint density at radius 2 is 1.89 bits per heavy atom. The first kappa shape index (κ1) is 20.2. The van der Waals surface area contributed by atoms with Crippen LogP contribution in [0.25, 0.3) is 0 Å². The second-order valence-electron chi connectivity index (χ2n) is 6.68. The standard InChI is InChI=1S/C20H19Cl2N3O3/c1-11(9-12-7-8-14(21)15(22)10-12)18(26)23-17-20(28)25(2)16-6-4-3-5-13(16)19(27)24-17/h3-8,10-11,17H,9H2,1-2H3,(H,23,26)(H,24,27)/t11-,17?/m1/s1. The molecule has 0 fully saturated rings. The lowest BCUT2D eigenvalue weighted by molar-refractivity contribution is -0.130. The van der Waals surface area contributed by atoms with Crippen LogP contribution < -0.4 is 15.5 Å². The maximum atomic E-state index is 12.7. The van der Waals surface area contributed by atoms with E-state index in [9.17, 15) is 14.4 Å². The van der Waals surface area contributed by atoms with Gasteiger partial charge in [-0.15, -0.1) is 0 Å². The van der Waals surface area contributed by atoms with Gasteiger partial charge in [-0.2, -0.15) is 0 Å². The highest BCUT2D eigenvalue weighted by molar-refractivity contribution is 6.42. The first-order valence-electron chi connectivity index (χ1n) is 8.69. The number of benzene rings is 2. The maximum absolute atomic E-state index is 12.7. The first-order chi connectivity index (χ1) is 13.3. The van der Waals surface area contributed by atoms with Gasteiger partial charge in [0.15, 0.2) is 6.17 Å². The molecule has 146 valence electrons. The molecule has 0 saturated heterocycles. The molecule has 0 spiro atoms. The SMILES string of the molecule is C[C@H](Cc1ccc(Cl)c(Cl)c1)C(=O)NC1NC(=O)c2ccccc2N(C)C1=O. The Labute approximate surface area is 172 Å². The molecular weight excluding hydrogens is 401 g/mol. The number of para-hydroxylation sites is 1. The summed E-state index contributed by atoms with van der Waals surface area (Å²) in [4.78, 5) is 39.1. The van der Waals surface area contributed by atoms with E-state index in [0.717, 1.165) is 5.56 Å². The van der Waals surface area contributed by atoms with Gasteiger partial charge in [0.2, 0.25) is 5.91 Å². The summed E-state index contributed by atoms with van der Waals surface area (Å²) in [6.07, 6.45) is -0.734. The molecular formula is C20H19Cl2N3O3. The number of carbonyl (C=O) groups is 3. The number of fused-ring (bicyclic) bond motifs is 1.